The number of hydrogen-bond donors (Lipinski definition) is 2. The first-order chi connectivity index (χ1) is 12.9. The van der Waals surface area contributed by atoms with Crippen molar-refractivity contribution < 1.29 is 18.3 Å². The van der Waals surface area contributed by atoms with Crippen molar-refractivity contribution >= 4 is 23.4 Å². The SMILES string of the molecule is CC(=O)N1c2ccc(/C(C=N)=C/NC3CC3)c(OCC(F)F)c2CCC1C. The molecule has 1 aliphatic carbocycles. The van der Waals surface area contributed by atoms with Gasteiger partial charge in [-0.3, -0.25) is 4.79 Å². The number of carbonyl (C=O) groups excluding carboxylic acids is 1. The molecule has 146 valence electrons. The van der Waals surface area contributed by atoms with E-state index < -0.39 is 13.0 Å². The maximum Gasteiger partial charge on any atom is 0.272 e. The zero-order chi connectivity index (χ0) is 19.6. The van der Waals surface area contributed by atoms with Crippen LogP contribution in [0.3, 0.4) is 0 Å². The second-order valence-corrected chi connectivity index (χ2v) is 7.10. The van der Waals surface area contributed by atoms with Crippen LogP contribution in [-0.4, -0.2) is 37.2 Å². The minimum absolute atomic E-state index is 0.0399. The molecule has 1 aromatic rings. The number of ether oxygens (including phenoxy) is 1. The molecule has 3 rings (SSSR count). The Morgan fingerprint density at radius 3 is 2.74 bits per heavy atom. The fraction of sp³-hybridized carbons (Fsp3) is 0.500. The molecule has 1 heterocycles. The lowest BCUT2D eigenvalue weighted by Gasteiger charge is -2.36. The summed E-state index contributed by atoms with van der Waals surface area (Å²) >= 11 is 0. The van der Waals surface area contributed by atoms with Gasteiger partial charge in [-0.1, -0.05) is 0 Å². The molecule has 2 N–H and O–H groups in total. The predicted molar refractivity (Wildman–Crippen MR) is 102 cm³/mol. The van der Waals surface area contributed by atoms with E-state index in [2.05, 4.69) is 5.32 Å². The van der Waals surface area contributed by atoms with Crippen molar-refractivity contribution in [2.24, 2.45) is 0 Å². The van der Waals surface area contributed by atoms with E-state index in [-0.39, 0.29) is 11.9 Å². The first kappa shape index (κ1) is 19.3. The standard InChI is InChI=1S/C20H25F2N3O2/c1-12-3-6-17-18(25(12)13(2)26)8-7-16(20(17)27-11-19(21)22)14(9-23)10-24-15-4-5-15/h7-10,12,15,19,23-24H,3-6,11H2,1-2H3/b14-10+,23-9?. The number of carbonyl (C=O) groups is 1. The number of alkyl halides is 2. The van der Waals surface area contributed by atoms with Gasteiger partial charge in [0.05, 0.1) is 5.69 Å². The summed E-state index contributed by atoms with van der Waals surface area (Å²) in [7, 11) is 0. The van der Waals surface area contributed by atoms with Gasteiger partial charge in [0.2, 0.25) is 5.91 Å². The Morgan fingerprint density at radius 2 is 2.15 bits per heavy atom. The van der Waals surface area contributed by atoms with E-state index in [4.69, 9.17) is 10.1 Å². The number of fused-ring (bicyclic) bond motifs is 1. The highest BCUT2D eigenvalue weighted by Gasteiger charge is 2.30. The lowest BCUT2D eigenvalue weighted by molar-refractivity contribution is -0.117. The van der Waals surface area contributed by atoms with Gasteiger partial charge in [0.1, 0.15) is 12.4 Å². The topological polar surface area (TPSA) is 65.4 Å². The van der Waals surface area contributed by atoms with Gasteiger partial charge in [0, 0.05) is 48.1 Å². The van der Waals surface area contributed by atoms with Crippen LogP contribution in [0.2, 0.25) is 0 Å². The van der Waals surface area contributed by atoms with Crippen molar-refractivity contribution in [1.82, 2.24) is 5.32 Å². The fourth-order valence-corrected chi connectivity index (χ4v) is 3.48. The number of nitrogens with zero attached hydrogens (tertiary/aromatic N) is 1. The zero-order valence-corrected chi connectivity index (χ0v) is 15.6. The molecular formula is C20H25F2N3O2. The summed E-state index contributed by atoms with van der Waals surface area (Å²) in [4.78, 5) is 13.8. The Hall–Kier alpha value is -2.44. The van der Waals surface area contributed by atoms with Crippen LogP contribution in [0.25, 0.3) is 5.57 Å². The molecule has 1 unspecified atom stereocenters. The summed E-state index contributed by atoms with van der Waals surface area (Å²) in [5, 5.41) is 11.0. The second-order valence-electron chi connectivity index (χ2n) is 7.10. The molecule has 1 fully saturated rings. The van der Waals surface area contributed by atoms with Crippen LogP contribution >= 0.6 is 0 Å². The molecule has 5 nitrogen and oxygen atoms in total. The summed E-state index contributed by atoms with van der Waals surface area (Å²) in [6.07, 6.45) is 3.88. The Bertz CT molecular complexity index is 760. The van der Waals surface area contributed by atoms with Crippen molar-refractivity contribution in [3.8, 4) is 5.75 Å². The molecule has 0 saturated heterocycles. The van der Waals surface area contributed by atoms with Crippen molar-refractivity contribution in [2.45, 2.75) is 58.0 Å². The molecule has 27 heavy (non-hydrogen) atoms. The Kier molecular flexibility index (Phi) is 5.77. The van der Waals surface area contributed by atoms with Crippen molar-refractivity contribution in [2.75, 3.05) is 11.5 Å². The third-order valence-corrected chi connectivity index (χ3v) is 4.96. The van der Waals surface area contributed by atoms with Crippen LogP contribution < -0.4 is 15.0 Å². The molecule has 7 heteroatoms. The average molecular weight is 377 g/mol. The number of amides is 1. The van der Waals surface area contributed by atoms with Crippen molar-refractivity contribution in [3.63, 3.8) is 0 Å². The van der Waals surface area contributed by atoms with E-state index in [9.17, 15) is 13.6 Å². The molecule has 1 saturated carbocycles. The minimum atomic E-state index is -2.60. The summed E-state index contributed by atoms with van der Waals surface area (Å²) in [5.41, 5.74) is 2.62. The molecule has 1 aliphatic heterocycles. The third kappa shape index (κ3) is 4.28. The molecule has 1 atom stereocenters. The minimum Gasteiger partial charge on any atom is -0.487 e. The van der Waals surface area contributed by atoms with E-state index in [0.717, 1.165) is 24.8 Å². The van der Waals surface area contributed by atoms with E-state index in [1.165, 1.54) is 13.1 Å². The highest BCUT2D eigenvalue weighted by molar-refractivity contribution is 6.10. The van der Waals surface area contributed by atoms with Crippen LogP contribution in [0.1, 0.15) is 44.2 Å². The lowest BCUT2D eigenvalue weighted by Crippen LogP contribution is -2.41. The highest BCUT2D eigenvalue weighted by Crippen LogP contribution is 2.41. The number of benzene rings is 1. The van der Waals surface area contributed by atoms with Gasteiger partial charge in [-0.05, 0) is 44.7 Å². The molecule has 1 amide bonds. The lowest BCUT2D eigenvalue weighted by atomic mass is 9.92. The van der Waals surface area contributed by atoms with Crippen molar-refractivity contribution in [3.05, 3.63) is 29.5 Å². The average Bonchev–Trinajstić information content (AvgIpc) is 3.44. The fourth-order valence-electron chi connectivity index (χ4n) is 3.48. The van der Waals surface area contributed by atoms with Gasteiger partial charge >= 0.3 is 0 Å². The second kappa shape index (κ2) is 8.06. The summed E-state index contributed by atoms with van der Waals surface area (Å²) in [6.45, 7) is 2.75. The summed E-state index contributed by atoms with van der Waals surface area (Å²) < 4.78 is 31.2. The molecule has 0 bridgehead atoms. The van der Waals surface area contributed by atoms with Crippen molar-refractivity contribution in [1.29, 1.82) is 5.41 Å². The van der Waals surface area contributed by atoms with Crippen LogP contribution in [0, 0.1) is 5.41 Å². The van der Waals surface area contributed by atoms with Gasteiger partial charge in [0.15, 0.2) is 0 Å². The smallest absolute Gasteiger partial charge is 0.272 e. The van der Waals surface area contributed by atoms with Gasteiger partial charge in [-0.15, -0.1) is 0 Å². The first-order valence-electron chi connectivity index (χ1n) is 9.26. The maximum absolute atomic E-state index is 12.8. The van der Waals surface area contributed by atoms with Gasteiger partial charge in [0.25, 0.3) is 6.43 Å². The molecular weight excluding hydrogens is 352 g/mol. The number of anilines is 1. The summed E-state index contributed by atoms with van der Waals surface area (Å²) in [5.74, 6) is 0.257. The molecule has 0 aromatic heterocycles. The Balaban J connectivity index is 2.06. The van der Waals surface area contributed by atoms with Crippen LogP contribution in [0.4, 0.5) is 14.5 Å². The maximum atomic E-state index is 12.8. The number of hydrogen-bond acceptors (Lipinski definition) is 4. The first-order valence-corrected chi connectivity index (χ1v) is 9.26. The highest BCUT2D eigenvalue weighted by atomic mass is 19.3. The largest absolute Gasteiger partial charge is 0.487 e. The Morgan fingerprint density at radius 1 is 1.41 bits per heavy atom. The number of halogens is 2. The Labute approximate surface area is 157 Å². The molecule has 2 aliphatic rings. The predicted octanol–water partition coefficient (Wildman–Crippen LogP) is 3.76. The third-order valence-electron chi connectivity index (χ3n) is 4.96. The zero-order valence-electron chi connectivity index (χ0n) is 15.6. The van der Waals surface area contributed by atoms with Crippen LogP contribution in [-0.2, 0) is 11.2 Å². The van der Waals surface area contributed by atoms with E-state index in [1.807, 2.05) is 13.0 Å². The molecule has 1 aromatic carbocycles. The van der Waals surface area contributed by atoms with Gasteiger partial charge in [-0.2, -0.15) is 0 Å². The van der Waals surface area contributed by atoms with Gasteiger partial charge < -0.3 is 20.4 Å². The number of nitrogens with one attached hydrogen (secondary N) is 2. The van der Waals surface area contributed by atoms with Crippen LogP contribution in [0.5, 0.6) is 5.75 Å². The monoisotopic (exact) mass is 377 g/mol. The number of allylic oxidation sites excluding steroid dienone is 1. The normalized spacial score (nSPS) is 19.7. The quantitative estimate of drug-likeness (QED) is 0.711. The van der Waals surface area contributed by atoms with Crippen LogP contribution in [0.15, 0.2) is 18.3 Å². The molecule has 0 radical (unpaired) electrons. The summed E-state index contributed by atoms with van der Waals surface area (Å²) in [6, 6.07) is 4.03. The van der Waals surface area contributed by atoms with E-state index >= 15 is 0 Å². The van der Waals surface area contributed by atoms with E-state index in [0.29, 0.717) is 35.0 Å². The number of rotatable bonds is 7. The molecule has 0 spiro atoms. The van der Waals surface area contributed by atoms with Gasteiger partial charge in [-0.25, -0.2) is 8.78 Å². The van der Waals surface area contributed by atoms with E-state index in [1.54, 1.807) is 17.2 Å².